The van der Waals surface area contributed by atoms with Gasteiger partial charge >= 0.3 is 0 Å². The molecule has 0 saturated heterocycles. The summed E-state index contributed by atoms with van der Waals surface area (Å²) < 4.78 is 5.66. The van der Waals surface area contributed by atoms with Gasteiger partial charge in [0.15, 0.2) is 0 Å². The fourth-order valence-electron chi connectivity index (χ4n) is 5.83. The first-order valence-electron chi connectivity index (χ1n) is 15.5. The minimum Gasteiger partial charge on any atom is -0.381 e. The number of allylic oxidation sites excluding steroid dienone is 14. The molecule has 5 rings (SSSR count). The van der Waals surface area contributed by atoms with Crippen molar-refractivity contribution in [1.29, 1.82) is 0 Å². The molecule has 1 atom stereocenters. The highest BCUT2D eigenvalue weighted by Crippen LogP contribution is 2.36. The van der Waals surface area contributed by atoms with E-state index in [0.29, 0.717) is 5.92 Å². The average Bonchev–Trinajstić information content (AvgIpc) is 3.65. The Morgan fingerprint density at radius 2 is 2.07 bits per heavy atom. The maximum absolute atomic E-state index is 5.66. The molecule has 3 aliphatic rings. The fraction of sp³-hybridized carbons (Fsp3) is 0.342. The van der Waals surface area contributed by atoms with E-state index < -0.39 is 0 Å². The molecule has 2 aromatic rings. The quantitative estimate of drug-likeness (QED) is 0.161. The molecule has 0 saturated carbocycles. The van der Waals surface area contributed by atoms with Crippen LogP contribution in [0, 0.1) is 12.8 Å². The number of hydrogen-bond donors (Lipinski definition) is 1. The van der Waals surface area contributed by atoms with Crippen molar-refractivity contribution in [1.82, 2.24) is 15.2 Å². The number of nitrogens with one attached hydrogen (secondary N) is 1. The first-order valence-corrected chi connectivity index (χ1v) is 15.5. The maximum atomic E-state index is 5.66. The minimum atomic E-state index is 0.589. The maximum Gasteiger partial charge on any atom is 0.118 e. The Kier molecular flexibility index (Phi) is 10.4. The van der Waals surface area contributed by atoms with Gasteiger partial charge in [-0.15, -0.1) is 5.73 Å². The number of hydrogen-bond acceptors (Lipinski definition) is 3. The van der Waals surface area contributed by atoms with Crippen molar-refractivity contribution in [2.75, 3.05) is 13.2 Å². The third-order valence-electron chi connectivity index (χ3n) is 8.14. The monoisotopic (exact) mass is 557 g/mol. The van der Waals surface area contributed by atoms with Crippen molar-refractivity contribution in [2.45, 2.75) is 65.2 Å². The molecule has 0 bridgehead atoms. The minimum absolute atomic E-state index is 0.589. The molecular weight excluding hydrogens is 514 g/mol. The first kappa shape index (κ1) is 29.5. The van der Waals surface area contributed by atoms with Crippen molar-refractivity contribution in [3.05, 3.63) is 131 Å². The molecule has 1 N–H and O–H groups in total. The van der Waals surface area contributed by atoms with E-state index in [4.69, 9.17) is 9.72 Å². The summed E-state index contributed by atoms with van der Waals surface area (Å²) in [5.74, 6) is 0.589. The lowest BCUT2D eigenvalue weighted by Crippen LogP contribution is -2.02. The highest BCUT2D eigenvalue weighted by molar-refractivity contribution is 5.84. The molecule has 4 nitrogen and oxygen atoms in total. The number of aromatic amines is 1. The van der Waals surface area contributed by atoms with E-state index in [2.05, 4.69) is 84.1 Å². The lowest BCUT2D eigenvalue weighted by Gasteiger charge is -2.16. The van der Waals surface area contributed by atoms with E-state index in [1.165, 1.54) is 16.7 Å². The number of H-pyrrole nitrogens is 1. The fourth-order valence-corrected chi connectivity index (χ4v) is 5.83. The van der Waals surface area contributed by atoms with Crippen LogP contribution in [0.3, 0.4) is 0 Å². The number of aromatic nitrogens is 3. The lowest BCUT2D eigenvalue weighted by molar-refractivity contribution is 0.132. The van der Waals surface area contributed by atoms with Crippen LogP contribution in [0.15, 0.2) is 119 Å². The van der Waals surface area contributed by atoms with Crippen molar-refractivity contribution in [3.63, 3.8) is 0 Å². The number of aryl methyl sites for hydroxylation is 1. The summed E-state index contributed by atoms with van der Waals surface area (Å²) in [6.07, 6.45) is 30.5. The van der Waals surface area contributed by atoms with Gasteiger partial charge < -0.3 is 4.74 Å². The third kappa shape index (κ3) is 7.64. The largest absolute Gasteiger partial charge is 0.381 e. The van der Waals surface area contributed by atoms with E-state index in [1.807, 2.05) is 31.3 Å². The highest BCUT2D eigenvalue weighted by Gasteiger charge is 2.20. The van der Waals surface area contributed by atoms with E-state index in [1.54, 1.807) is 5.57 Å². The Morgan fingerprint density at radius 1 is 1.14 bits per heavy atom. The van der Waals surface area contributed by atoms with Gasteiger partial charge in [-0.3, -0.25) is 10.1 Å². The van der Waals surface area contributed by atoms with Gasteiger partial charge in [0.05, 0.1) is 5.69 Å². The Bertz CT molecular complexity index is 1530. The Labute approximate surface area is 251 Å². The van der Waals surface area contributed by atoms with E-state index >= 15 is 0 Å². The van der Waals surface area contributed by atoms with E-state index in [9.17, 15) is 0 Å². The smallest absolute Gasteiger partial charge is 0.118 e. The molecule has 2 heterocycles. The van der Waals surface area contributed by atoms with Crippen LogP contribution in [0.25, 0.3) is 17.0 Å². The van der Waals surface area contributed by atoms with E-state index in [0.717, 1.165) is 98.4 Å². The number of fused-ring (bicyclic) bond motifs is 1. The standard InChI is InChI=1S/C38H43N3O/c1-4-24-42-25-10-11-28(2)34-21-19-30(26-34)18-20-31-13-6-5-7-14-32-22-23-33(15-9-16-35(31)32)36-27-39-41-38(36)37-17-8-12-29(3)40-37/h6-9,12-13,15-17,19,22-23,27,34H,2,4-5,10-11,18,20-21,24-26H2,1,3H3,(H,39,41)/b13-6-,16-9+,23-22-,33-15-,35-31+. The predicted octanol–water partition coefficient (Wildman–Crippen LogP) is 9.51. The highest BCUT2D eigenvalue weighted by atomic mass is 16.5. The van der Waals surface area contributed by atoms with Crippen LogP contribution < -0.4 is 0 Å². The average molecular weight is 558 g/mol. The van der Waals surface area contributed by atoms with Crippen molar-refractivity contribution in [3.8, 4) is 11.4 Å². The Morgan fingerprint density at radius 3 is 2.95 bits per heavy atom. The van der Waals surface area contributed by atoms with E-state index in [-0.39, 0.29) is 0 Å². The molecule has 0 amide bonds. The van der Waals surface area contributed by atoms with Crippen LogP contribution in [0.4, 0.5) is 0 Å². The van der Waals surface area contributed by atoms with Gasteiger partial charge in [-0.1, -0.05) is 73.2 Å². The number of nitrogens with zero attached hydrogens (tertiary/aromatic N) is 2. The molecule has 4 heteroatoms. The zero-order chi connectivity index (χ0) is 29.1. The van der Waals surface area contributed by atoms with Gasteiger partial charge in [0.25, 0.3) is 0 Å². The van der Waals surface area contributed by atoms with Crippen LogP contribution in [-0.4, -0.2) is 28.4 Å². The van der Waals surface area contributed by atoms with Crippen LogP contribution in [0.1, 0.15) is 69.5 Å². The second-order valence-corrected chi connectivity index (χ2v) is 11.3. The van der Waals surface area contributed by atoms with Gasteiger partial charge in [0.2, 0.25) is 0 Å². The second kappa shape index (κ2) is 14.8. The van der Waals surface area contributed by atoms with Crippen LogP contribution in [0.2, 0.25) is 0 Å². The van der Waals surface area contributed by atoms with Gasteiger partial charge in [-0.2, -0.15) is 5.10 Å². The molecule has 0 aliphatic heterocycles. The Hall–Kier alpha value is -3.98. The summed E-state index contributed by atoms with van der Waals surface area (Å²) in [5, 5.41) is 7.58. The molecule has 1 unspecified atom stereocenters. The normalized spacial score (nSPS) is 23.4. The second-order valence-electron chi connectivity index (χ2n) is 11.3. The first-order chi connectivity index (χ1) is 20.6. The molecular formula is C38H43N3O. The number of rotatable bonds is 12. The molecule has 2 aromatic heterocycles. The zero-order valence-electron chi connectivity index (χ0n) is 25.2. The summed E-state index contributed by atoms with van der Waals surface area (Å²) in [4.78, 5) is 4.70. The molecule has 42 heavy (non-hydrogen) atoms. The molecule has 3 aliphatic carbocycles. The lowest BCUT2D eigenvalue weighted by atomic mass is 9.89. The zero-order valence-corrected chi connectivity index (χ0v) is 25.2. The van der Waals surface area contributed by atoms with Gasteiger partial charge in [-0.05, 0) is 105 Å². The van der Waals surface area contributed by atoms with Crippen molar-refractivity contribution >= 4 is 5.57 Å². The predicted molar refractivity (Wildman–Crippen MR) is 175 cm³/mol. The molecule has 0 radical (unpaired) electrons. The Balaban J connectivity index is 1.28. The summed E-state index contributed by atoms with van der Waals surface area (Å²) >= 11 is 0. The topological polar surface area (TPSA) is 50.8 Å². The summed E-state index contributed by atoms with van der Waals surface area (Å²) in [7, 11) is 0. The van der Waals surface area contributed by atoms with Crippen LogP contribution in [-0.2, 0) is 4.74 Å². The number of pyridine rings is 1. The third-order valence-corrected chi connectivity index (χ3v) is 8.14. The molecule has 0 aromatic carbocycles. The SMILES string of the molecule is C=C(CCCOCCC)C1CC=C(CCC2=C3\C=C\C=C(c4c[nH]nc4-c4cccc(C)n4)\C=C/C3=C=CC/C=C\2)C1. The molecule has 0 fully saturated rings. The van der Waals surface area contributed by atoms with Gasteiger partial charge in [0.1, 0.15) is 5.69 Å². The van der Waals surface area contributed by atoms with Gasteiger partial charge in [-0.25, -0.2) is 0 Å². The molecule has 0 spiro atoms. The van der Waals surface area contributed by atoms with Gasteiger partial charge in [0, 0.05) is 36.2 Å². The summed E-state index contributed by atoms with van der Waals surface area (Å²) in [6, 6.07) is 6.04. The van der Waals surface area contributed by atoms with Crippen LogP contribution >= 0.6 is 0 Å². The molecule has 216 valence electrons. The van der Waals surface area contributed by atoms with Crippen LogP contribution in [0.5, 0.6) is 0 Å². The summed E-state index contributed by atoms with van der Waals surface area (Å²) in [5.41, 5.74) is 15.1. The van der Waals surface area contributed by atoms with Crippen molar-refractivity contribution in [2.24, 2.45) is 5.92 Å². The number of ether oxygens (including phenoxy) is 1. The van der Waals surface area contributed by atoms with Crippen molar-refractivity contribution < 1.29 is 4.74 Å². The summed E-state index contributed by atoms with van der Waals surface area (Å²) in [6.45, 7) is 10.3.